The molecule has 2 saturated heterocycles. The summed E-state index contributed by atoms with van der Waals surface area (Å²) < 4.78 is 0. The molecule has 2 aliphatic rings. The minimum absolute atomic E-state index is 0.0378. The molecule has 7 unspecified atom stereocenters. The predicted octanol–water partition coefficient (Wildman–Crippen LogP) is 4.06. The lowest BCUT2D eigenvalue weighted by molar-refractivity contribution is -0.150. The van der Waals surface area contributed by atoms with E-state index in [1.807, 2.05) is 126 Å². The van der Waals surface area contributed by atoms with Crippen LogP contribution in [0.5, 0.6) is 0 Å². The summed E-state index contributed by atoms with van der Waals surface area (Å²) in [5.41, 5.74) is 0.673. The minimum atomic E-state index is -1.58. The van der Waals surface area contributed by atoms with Crippen LogP contribution in [-0.2, 0) is 52.8 Å². The largest absolute Gasteiger partial charge is 0.342 e. The van der Waals surface area contributed by atoms with Gasteiger partial charge in [-0.15, -0.1) is 0 Å². The van der Waals surface area contributed by atoms with Gasteiger partial charge in [0.25, 0.3) is 0 Å². The van der Waals surface area contributed by atoms with E-state index < -0.39 is 83.1 Å². The van der Waals surface area contributed by atoms with Gasteiger partial charge in [-0.2, -0.15) is 0 Å². The molecule has 14 nitrogen and oxygen atoms in total. The standard InChI is InChI=1S/C51H69N7O7/c1-32(2)27-39-48(63)58-26-25-34(5)43(58)49(64)57(9)41(28-33(3)4)46(61)55-51(6,7)50(65)54-40(30-36-21-15-11-16-22-36)47(62)56(8)42(31-37-23-17-12-18-24-37)45(60)52-38(44(59)53-39)29-35-19-13-10-14-20-35/h10-24,32-34,38-43H,25-31H2,1-9H3,(H,52,60)(H,53,59)(H,54,65)(H,55,61). The highest BCUT2D eigenvalue weighted by Gasteiger charge is 2.46. The van der Waals surface area contributed by atoms with Gasteiger partial charge in [0.2, 0.25) is 41.4 Å². The van der Waals surface area contributed by atoms with E-state index in [0.717, 1.165) is 16.7 Å². The maximum Gasteiger partial charge on any atom is 0.246 e. The molecule has 14 heteroatoms. The molecular weight excluding hydrogens is 823 g/mol. The first kappa shape index (κ1) is 50.0. The minimum Gasteiger partial charge on any atom is -0.342 e. The van der Waals surface area contributed by atoms with Crippen molar-refractivity contribution in [2.75, 3.05) is 20.6 Å². The number of nitrogens with zero attached hydrogens (tertiary/aromatic N) is 3. The van der Waals surface area contributed by atoms with Crippen molar-refractivity contribution in [2.24, 2.45) is 17.8 Å². The second-order valence-electron chi connectivity index (χ2n) is 19.3. The fourth-order valence-electron chi connectivity index (χ4n) is 8.79. The second-order valence-corrected chi connectivity index (χ2v) is 19.3. The van der Waals surface area contributed by atoms with Crippen molar-refractivity contribution in [3.8, 4) is 0 Å². The molecule has 0 radical (unpaired) electrons. The molecule has 0 spiro atoms. The van der Waals surface area contributed by atoms with Crippen molar-refractivity contribution < 1.29 is 33.6 Å². The van der Waals surface area contributed by atoms with Crippen molar-refractivity contribution in [3.63, 3.8) is 0 Å². The topological polar surface area (TPSA) is 177 Å². The van der Waals surface area contributed by atoms with E-state index in [2.05, 4.69) is 21.3 Å². The van der Waals surface area contributed by atoms with Gasteiger partial charge in [-0.05, 0) is 67.6 Å². The van der Waals surface area contributed by atoms with Crippen molar-refractivity contribution in [3.05, 3.63) is 108 Å². The molecule has 3 aromatic rings. The van der Waals surface area contributed by atoms with E-state index in [0.29, 0.717) is 6.42 Å². The third kappa shape index (κ3) is 13.0. The zero-order valence-corrected chi connectivity index (χ0v) is 39.5. The van der Waals surface area contributed by atoms with Crippen LogP contribution in [0.3, 0.4) is 0 Å². The quantitative estimate of drug-likeness (QED) is 0.237. The highest BCUT2D eigenvalue weighted by atomic mass is 16.2. The summed E-state index contributed by atoms with van der Waals surface area (Å²) in [6, 6.07) is 21.0. The molecular formula is C51H69N7O7. The van der Waals surface area contributed by atoms with Crippen LogP contribution in [0.25, 0.3) is 0 Å². The number of likely N-dealkylation sites (N-methyl/N-ethyl adjacent to an activating group) is 2. The first-order chi connectivity index (χ1) is 30.8. The third-order valence-electron chi connectivity index (χ3n) is 12.6. The number of carbonyl (C=O) groups excluding carboxylic acids is 7. The Morgan fingerprint density at radius 3 is 1.55 bits per heavy atom. The molecule has 350 valence electrons. The lowest BCUT2D eigenvalue weighted by atomic mass is 9.95. The van der Waals surface area contributed by atoms with Gasteiger partial charge < -0.3 is 36.0 Å². The van der Waals surface area contributed by atoms with Crippen molar-refractivity contribution in [1.82, 2.24) is 36.0 Å². The Bertz CT molecular complexity index is 2130. The summed E-state index contributed by atoms with van der Waals surface area (Å²) >= 11 is 0. The van der Waals surface area contributed by atoms with Crippen molar-refractivity contribution >= 4 is 41.4 Å². The monoisotopic (exact) mass is 892 g/mol. The molecule has 0 saturated carbocycles. The molecule has 0 aromatic heterocycles. The van der Waals surface area contributed by atoms with Gasteiger partial charge in [-0.25, -0.2) is 0 Å². The van der Waals surface area contributed by atoms with Crippen LogP contribution in [0.15, 0.2) is 91.0 Å². The zero-order valence-electron chi connectivity index (χ0n) is 39.5. The van der Waals surface area contributed by atoms with Gasteiger partial charge in [-0.3, -0.25) is 33.6 Å². The third-order valence-corrected chi connectivity index (χ3v) is 12.6. The number of amides is 7. The van der Waals surface area contributed by atoms with Crippen LogP contribution in [-0.4, -0.2) is 118 Å². The molecule has 65 heavy (non-hydrogen) atoms. The molecule has 0 bridgehead atoms. The van der Waals surface area contributed by atoms with Crippen LogP contribution in [0.4, 0.5) is 0 Å². The molecule has 4 N–H and O–H groups in total. The lowest BCUT2D eigenvalue weighted by Crippen LogP contribution is -2.63. The summed E-state index contributed by atoms with van der Waals surface area (Å²) in [5.74, 6) is -4.22. The summed E-state index contributed by atoms with van der Waals surface area (Å²) in [5, 5.41) is 11.7. The highest BCUT2D eigenvalue weighted by Crippen LogP contribution is 2.29. The fraction of sp³-hybridized carbons (Fsp3) is 0.510. The Morgan fingerprint density at radius 1 is 0.554 bits per heavy atom. The van der Waals surface area contributed by atoms with Gasteiger partial charge in [0.15, 0.2) is 0 Å². The van der Waals surface area contributed by atoms with Crippen LogP contribution in [0, 0.1) is 17.8 Å². The van der Waals surface area contributed by atoms with Crippen LogP contribution in [0.2, 0.25) is 0 Å². The van der Waals surface area contributed by atoms with E-state index in [1.165, 1.54) is 35.6 Å². The molecule has 5 rings (SSSR count). The number of nitrogens with one attached hydrogen (secondary N) is 4. The first-order valence-corrected chi connectivity index (χ1v) is 23.0. The van der Waals surface area contributed by atoms with Crippen LogP contribution in [0.1, 0.15) is 84.4 Å². The van der Waals surface area contributed by atoms with Crippen molar-refractivity contribution in [2.45, 2.75) is 129 Å². The number of hydrogen-bond acceptors (Lipinski definition) is 7. The normalized spacial score (nSPS) is 25.4. The summed E-state index contributed by atoms with van der Waals surface area (Å²) in [7, 11) is 3.05. The smallest absolute Gasteiger partial charge is 0.246 e. The van der Waals surface area contributed by atoms with Gasteiger partial charge in [-0.1, -0.05) is 126 Å². The Balaban J connectivity index is 1.65. The average molecular weight is 892 g/mol. The zero-order chi connectivity index (χ0) is 47.6. The highest BCUT2D eigenvalue weighted by molar-refractivity contribution is 5.99. The molecule has 7 amide bonds. The summed E-state index contributed by atoms with van der Waals surface area (Å²) in [6.45, 7) is 13.0. The Morgan fingerprint density at radius 2 is 1.03 bits per heavy atom. The number of rotatable bonds is 10. The Kier molecular flexibility index (Phi) is 17.1. The molecule has 2 aliphatic heterocycles. The van der Waals surface area contributed by atoms with Crippen LogP contribution >= 0.6 is 0 Å². The SMILES string of the molecule is CC(C)CC1NC(=O)C(Cc2ccccc2)NC(=O)C(Cc2ccccc2)N(C)C(=O)C(Cc2ccccc2)NC(=O)C(C)(C)NC(=O)C(CC(C)C)N(C)C(=O)C2C(C)CCN2C1=O. The van der Waals surface area contributed by atoms with Gasteiger partial charge >= 0.3 is 0 Å². The number of benzene rings is 3. The number of carbonyl (C=O) groups is 7. The number of fused-ring (bicyclic) bond motifs is 1. The summed E-state index contributed by atoms with van der Waals surface area (Å²) in [4.78, 5) is 107. The molecule has 7 atom stereocenters. The maximum atomic E-state index is 14.9. The predicted molar refractivity (Wildman–Crippen MR) is 250 cm³/mol. The summed E-state index contributed by atoms with van der Waals surface area (Å²) in [6.07, 6.45) is 1.25. The van der Waals surface area contributed by atoms with E-state index in [-0.39, 0.29) is 56.4 Å². The second kappa shape index (κ2) is 22.2. The van der Waals surface area contributed by atoms with E-state index in [1.54, 1.807) is 7.05 Å². The van der Waals surface area contributed by atoms with Crippen LogP contribution < -0.4 is 21.3 Å². The molecule has 0 aliphatic carbocycles. The average Bonchev–Trinajstić information content (AvgIpc) is 3.66. The first-order valence-electron chi connectivity index (χ1n) is 23.0. The van der Waals surface area contributed by atoms with E-state index in [4.69, 9.17) is 0 Å². The van der Waals surface area contributed by atoms with Gasteiger partial charge in [0.05, 0.1) is 0 Å². The van der Waals surface area contributed by atoms with Gasteiger partial charge in [0, 0.05) is 39.9 Å². The maximum absolute atomic E-state index is 14.9. The van der Waals surface area contributed by atoms with Crippen molar-refractivity contribution in [1.29, 1.82) is 0 Å². The number of hydrogen-bond donors (Lipinski definition) is 4. The Labute approximate surface area is 384 Å². The molecule has 2 fully saturated rings. The van der Waals surface area contributed by atoms with E-state index >= 15 is 0 Å². The van der Waals surface area contributed by atoms with Gasteiger partial charge in [0.1, 0.15) is 41.8 Å². The lowest BCUT2D eigenvalue weighted by Gasteiger charge is -2.37. The Hall–Kier alpha value is -6.05. The molecule has 3 aromatic carbocycles. The molecule has 2 heterocycles. The van der Waals surface area contributed by atoms with E-state index in [9.17, 15) is 33.6 Å². The fourth-order valence-corrected chi connectivity index (χ4v) is 8.79.